The van der Waals surface area contributed by atoms with Crippen LogP contribution >= 0.6 is 0 Å². The highest BCUT2D eigenvalue weighted by atomic mass is 16.5. The van der Waals surface area contributed by atoms with Crippen LogP contribution in [0.15, 0.2) is 12.1 Å². The summed E-state index contributed by atoms with van der Waals surface area (Å²) in [6.07, 6.45) is 3.62. The third-order valence-corrected chi connectivity index (χ3v) is 4.59. The molecule has 5 heteroatoms. The van der Waals surface area contributed by atoms with Gasteiger partial charge in [-0.15, -0.1) is 0 Å². The van der Waals surface area contributed by atoms with Gasteiger partial charge < -0.3 is 14.6 Å². The maximum atomic E-state index is 9.90. The first-order chi connectivity index (χ1) is 10.7. The van der Waals surface area contributed by atoms with Gasteiger partial charge in [-0.3, -0.25) is 9.88 Å². The molecular formula is C17H26N2O3. The first kappa shape index (κ1) is 15.7. The summed E-state index contributed by atoms with van der Waals surface area (Å²) in [6.45, 7) is 7.26. The highest BCUT2D eigenvalue weighted by molar-refractivity contribution is 5.27. The van der Waals surface area contributed by atoms with Crippen molar-refractivity contribution in [2.24, 2.45) is 5.92 Å². The Hall–Kier alpha value is -1.17. The quantitative estimate of drug-likeness (QED) is 0.903. The molecule has 0 bridgehead atoms. The summed E-state index contributed by atoms with van der Waals surface area (Å²) in [4.78, 5) is 6.78. The Morgan fingerprint density at radius 2 is 2.14 bits per heavy atom. The molecule has 2 saturated heterocycles. The summed E-state index contributed by atoms with van der Waals surface area (Å²) < 4.78 is 11.4. The average Bonchev–Trinajstić information content (AvgIpc) is 3.04. The maximum absolute atomic E-state index is 9.90. The summed E-state index contributed by atoms with van der Waals surface area (Å²) >= 11 is 0. The van der Waals surface area contributed by atoms with Gasteiger partial charge in [-0.2, -0.15) is 0 Å². The minimum atomic E-state index is 0.296. The predicted octanol–water partition coefficient (Wildman–Crippen LogP) is 2.11. The average molecular weight is 306 g/mol. The normalized spacial score (nSPS) is 24.0. The van der Waals surface area contributed by atoms with Gasteiger partial charge in [0, 0.05) is 37.9 Å². The molecular weight excluding hydrogens is 280 g/mol. The number of ether oxygens (including phenoxy) is 2. The van der Waals surface area contributed by atoms with Crippen molar-refractivity contribution in [3.8, 4) is 5.75 Å². The molecule has 22 heavy (non-hydrogen) atoms. The van der Waals surface area contributed by atoms with E-state index >= 15 is 0 Å². The number of likely N-dealkylation sites (tertiary alicyclic amines) is 1. The number of aryl methyl sites for hydroxylation is 1. The monoisotopic (exact) mass is 306 g/mol. The first-order valence-corrected chi connectivity index (χ1v) is 8.28. The van der Waals surface area contributed by atoms with Gasteiger partial charge in [-0.05, 0) is 38.3 Å². The number of nitrogens with zero attached hydrogens (tertiary/aromatic N) is 2. The highest BCUT2D eigenvalue weighted by Gasteiger charge is 2.23. The van der Waals surface area contributed by atoms with Crippen LogP contribution in [0.5, 0.6) is 5.75 Å². The van der Waals surface area contributed by atoms with Crippen molar-refractivity contribution in [2.45, 2.75) is 38.8 Å². The van der Waals surface area contributed by atoms with E-state index in [1.54, 1.807) is 6.07 Å². The largest absolute Gasteiger partial charge is 0.506 e. The third kappa shape index (κ3) is 4.18. The fourth-order valence-corrected chi connectivity index (χ4v) is 3.15. The smallest absolute Gasteiger partial charge is 0.138 e. The molecule has 1 aromatic heterocycles. The maximum Gasteiger partial charge on any atom is 0.138 e. The van der Waals surface area contributed by atoms with Crippen molar-refractivity contribution in [2.75, 3.05) is 32.9 Å². The van der Waals surface area contributed by atoms with Crippen molar-refractivity contribution in [1.29, 1.82) is 0 Å². The Labute approximate surface area is 132 Å². The molecule has 0 saturated carbocycles. The molecule has 0 amide bonds. The number of hydrogen-bond acceptors (Lipinski definition) is 5. The molecule has 1 aromatic rings. The van der Waals surface area contributed by atoms with Crippen LogP contribution in [0.4, 0.5) is 0 Å². The summed E-state index contributed by atoms with van der Waals surface area (Å²) in [5, 5.41) is 9.90. The van der Waals surface area contributed by atoms with Gasteiger partial charge in [0.25, 0.3) is 0 Å². The number of pyridine rings is 1. The number of aromatic nitrogens is 1. The van der Waals surface area contributed by atoms with Gasteiger partial charge in [-0.1, -0.05) is 0 Å². The van der Waals surface area contributed by atoms with Crippen LogP contribution in [-0.2, 0) is 16.0 Å². The van der Waals surface area contributed by atoms with Gasteiger partial charge in [-0.25, -0.2) is 0 Å². The lowest BCUT2D eigenvalue weighted by Gasteiger charge is -2.32. The van der Waals surface area contributed by atoms with Crippen LogP contribution in [0.1, 0.15) is 30.7 Å². The molecule has 3 rings (SSSR count). The van der Waals surface area contributed by atoms with E-state index < -0.39 is 0 Å². The molecule has 2 fully saturated rings. The van der Waals surface area contributed by atoms with Gasteiger partial charge in [0.1, 0.15) is 5.75 Å². The second-order valence-electron chi connectivity index (χ2n) is 6.46. The lowest BCUT2D eigenvalue weighted by molar-refractivity contribution is -0.0119. The SMILES string of the molecule is Cc1ccc(O)c(CN2CCC(OCC3CCOC3)CC2)n1. The third-order valence-electron chi connectivity index (χ3n) is 4.59. The number of rotatable bonds is 5. The van der Waals surface area contributed by atoms with Crippen LogP contribution in [0.3, 0.4) is 0 Å². The molecule has 3 heterocycles. The van der Waals surface area contributed by atoms with Gasteiger partial charge in [0.05, 0.1) is 25.0 Å². The van der Waals surface area contributed by atoms with Gasteiger partial charge in [0.15, 0.2) is 0 Å². The number of hydrogen-bond donors (Lipinski definition) is 1. The van der Waals surface area contributed by atoms with E-state index in [0.717, 1.165) is 70.1 Å². The molecule has 0 radical (unpaired) electrons. The minimum absolute atomic E-state index is 0.296. The van der Waals surface area contributed by atoms with Crippen molar-refractivity contribution >= 4 is 0 Å². The summed E-state index contributed by atoms with van der Waals surface area (Å²) in [6, 6.07) is 3.57. The second kappa shape index (κ2) is 7.40. The fraction of sp³-hybridized carbons (Fsp3) is 0.706. The topological polar surface area (TPSA) is 54.8 Å². The van der Waals surface area contributed by atoms with E-state index in [0.29, 0.717) is 17.8 Å². The molecule has 2 aliphatic rings. The molecule has 1 unspecified atom stereocenters. The number of aromatic hydroxyl groups is 1. The molecule has 122 valence electrons. The predicted molar refractivity (Wildman–Crippen MR) is 83.8 cm³/mol. The van der Waals surface area contributed by atoms with Crippen molar-refractivity contribution < 1.29 is 14.6 Å². The molecule has 1 N–H and O–H groups in total. The summed E-state index contributed by atoms with van der Waals surface area (Å²) in [5.41, 5.74) is 1.73. The minimum Gasteiger partial charge on any atom is -0.506 e. The number of piperidine rings is 1. The van der Waals surface area contributed by atoms with E-state index in [-0.39, 0.29) is 0 Å². The Bertz CT molecular complexity index is 481. The molecule has 2 aliphatic heterocycles. The van der Waals surface area contributed by atoms with E-state index in [1.165, 1.54) is 0 Å². The van der Waals surface area contributed by atoms with E-state index in [2.05, 4.69) is 9.88 Å². The van der Waals surface area contributed by atoms with E-state index in [4.69, 9.17) is 9.47 Å². The molecule has 0 aliphatic carbocycles. The van der Waals surface area contributed by atoms with Crippen LogP contribution in [0.25, 0.3) is 0 Å². The Kier molecular flexibility index (Phi) is 5.28. The second-order valence-corrected chi connectivity index (χ2v) is 6.46. The van der Waals surface area contributed by atoms with Crippen molar-refractivity contribution in [1.82, 2.24) is 9.88 Å². The van der Waals surface area contributed by atoms with Crippen molar-refractivity contribution in [3.63, 3.8) is 0 Å². The molecule has 0 aromatic carbocycles. The van der Waals surface area contributed by atoms with Crippen LogP contribution in [0, 0.1) is 12.8 Å². The first-order valence-electron chi connectivity index (χ1n) is 8.28. The zero-order chi connectivity index (χ0) is 15.4. The molecule has 5 nitrogen and oxygen atoms in total. The van der Waals surface area contributed by atoms with Crippen LogP contribution < -0.4 is 0 Å². The summed E-state index contributed by atoms with van der Waals surface area (Å²) in [5.74, 6) is 0.886. The Morgan fingerprint density at radius 1 is 1.32 bits per heavy atom. The summed E-state index contributed by atoms with van der Waals surface area (Å²) in [7, 11) is 0. The van der Waals surface area contributed by atoms with E-state index in [9.17, 15) is 5.11 Å². The fourth-order valence-electron chi connectivity index (χ4n) is 3.15. The van der Waals surface area contributed by atoms with Gasteiger partial charge in [0.2, 0.25) is 0 Å². The lowest BCUT2D eigenvalue weighted by Crippen LogP contribution is -2.37. The highest BCUT2D eigenvalue weighted by Crippen LogP contribution is 2.21. The van der Waals surface area contributed by atoms with Crippen LogP contribution in [-0.4, -0.2) is 54.0 Å². The zero-order valence-electron chi connectivity index (χ0n) is 13.3. The lowest BCUT2D eigenvalue weighted by atomic mass is 10.1. The standard InChI is InChI=1S/C17H26N2O3/c1-13-2-3-17(20)16(18-13)10-19-7-4-15(5-8-19)22-12-14-6-9-21-11-14/h2-3,14-15,20H,4-12H2,1H3. The molecule has 0 spiro atoms. The zero-order valence-corrected chi connectivity index (χ0v) is 13.3. The van der Waals surface area contributed by atoms with Gasteiger partial charge >= 0.3 is 0 Å². The van der Waals surface area contributed by atoms with E-state index in [1.807, 2.05) is 13.0 Å². The Morgan fingerprint density at radius 3 is 2.86 bits per heavy atom. The van der Waals surface area contributed by atoms with Crippen molar-refractivity contribution in [3.05, 3.63) is 23.5 Å². The Balaban J connectivity index is 1.42. The van der Waals surface area contributed by atoms with Crippen LogP contribution in [0.2, 0.25) is 0 Å². The molecule has 1 atom stereocenters.